The summed E-state index contributed by atoms with van der Waals surface area (Å²) in [6.45, 7) is 1.64. The van der Waals surface area contributed by atoms with Gasteiger partial charge in [-0.05, 0) is 49.4 Å². The normalized spacial score (nSPS) is 11.2. The van der Waals surface area contributed by atoms with Crippen molar-refractivity contribution < 1.29 is 15.0 Å². The summed E-state index contributed by atoms with van der Waals surface area (Å²) in [5.74, 6) is -0.314. The number of nitrogens with one attached hydrogen (secondary N) is 1. The van der Waals surface area contributed by atoms with Gasteiger partial charge in [0.15, 0.2) is 0 Å². The molecule has 0 saturated carbocycles. The van der Waals surface area contributed by atoms with E-state index < -0.39 is 5.91 Å². The lowest BCUT2D eigenvalue weighted by Gasteiger charge is -2.05. The van der Waals surface area contributed by atoms with Crippen molar-refractivity contribution in [2.24, 2.45) is 5.10 Å². The minimum Gasteiger partial charge on any atom is -0.508 e. The molecule has 0 bridgehead atoms. The van der Waals surface area contributed by atoms with E-state index in [9.17, 15) is 9.90 Å². The van der Waals surface area contributed by atoms with Crippen molar-refractivity contribution in [1.29, 1.82) is 0 Å². The molecule has 108 valence electrons. The average molecular weight is 305 g/mol. The highest BCUT2D eigenvalue weighted by Gasteiger charge is 2.08. The zero-order valence-corrected chi connectivity index (χ0v) is 11.9. The van der Waals surface area contributed by atoms with Crippen LogP contribution in [0.2, 0.25) is 5.02 Å². The molecule has 0 unspecified atom stereocenters. The molecule has 0 aliphatic rings. The lowest BCUT2D eigenvalue weighted by atomic mass is 10.1. The topological polar surface area (TPSA) is 81.9 Å². The van der Waals surface area contributed by atoms with E-state index in [2.05, 4.69) is 10.5 Å². The zero-order chi connectivity index (χ0) is 15.4. The number of nitrogens with zero attached hydrogens (tertiary/aromatic N) is 1. The Balaban J connectivity index is 2.14. The van der Waals surface area contributed by atoms with E-state index in [-0.39, 0.29) is 11.5 Å². The van der Waals surface area contributed by atoms with E-state index in [1.165, 1.54) is 30.3 Å². The number of carbonyl (C=O) groups is 1. The standard InChI is InChI=1S/C15H13ClN2O3/c1-9(13-8-11(16)4-7-14(13)20)17-18-15(21)10-2-5-12(19)6-3-10/h2-8,19-20H,1H3,(H,18,21)/b17-9+. The van der Waals surface area contributed by atoms with Crippen LogP contribution in [0, 0.1) is 0 Å². The molecule has 0 heterocycles. The van der Waals surface area contributed by atoms with E-state index >= 15 is 0 Å². The number of rotatable bonds is 3. The fraction of sp³-hybridized carbons (Fsp3) is 0.0667. The van der Waals surface area contributed by atoms with Crippen LogP contribution in [0.1, 0.15) is 22.8 Å². The maximum absolute atomic E-state index is 11.9. The first-order chi connectivity index (χ1) is 9.97. The lowest BCUT2D eigenvalue weighted by Crippen LogP contribution is -2.19. The van der Waals surface area contributed by atoms with Gasteiger partial charge in [0.2, 0.25) is 0 Å². The van der Waals surface area contributed by atoms with Crippen LogP contribution >= 0.6 is 11.6 Å². The predicted molar refractivity (Wildman–Crippen MR) is 80.9 cm³/mol. The van der Waals surface area contributed by atoms with Gasteiger partial charge < -0.3 is 10.2 Å². The minimum absolute atomic E-state index is 0.0273. The predicted octanol–water partition coefficient (Wildman–Crippen LogP) is 2.91. The Morgan fingerprint density at radius 2 is 1.81 bits per heavy atom. The van der Waals surface area contributed by atoms with Crippen molar-refractivity contribution in [3.8, 4) is 11.5 Å². The molecule has 2 aromatic rings. The smallest absolute Gasteiger partial charge is 0.271 e. The number of hydrazone groups is 1. The van der Waals surface area contributed by atoms with Crippen LogP contribution in [0.3, 0.4) is 0 Å². The molecular formula is C15H13ClN2O3. The Morgan fingerprint density at radius 3 is 2.48 bits per heavy atom. The van der Waals surface area contributed by atoms with Gasteiger partial charge in [0.1, 0.15) is 11.5 Å². The van der Waals surface area contributed by atoms with Gasteiger partial charge in [-0.3, -0.25) is 4.79 Å². The number of aromatic hydroxyl groups is 2. The zero-order valence-electron chi connectivity index (χ0n) is 11.2. The van der Waals surface area contributed by atoms with Crippen molar-refractivity contribution in [2.45, 2.75) is 6.92 Å². The second kappa shape index (κ2) is 6.28. The third-order valence-electron chi connectivity index (χ3n) is 2.80. The Labute approximate surface area is 126 Å². The number of halogens is 1. The summed E-state index contributed by atoms with van der Waals surface area (Å²) in [6.07, 6.45) is 0. The van der Waals surface area contributed by atoms with Crippen molar-refractivity contribution in [3.63, 3.8) is 0 Å². The molecule has 0 aliphatic heterocycles. The summed E-state index contributed by atoms with van der Waals surface area (Å²) < 4.78 is 0. The Kier molecular flexibility index (Phi) is 4.45. The van der Waals surface area contributed by atoms with Crippen LogP contribution in [0.4, 0.5) is 0 Å². The largest absolute Gasteiger partial charge is 0.508 e. The van der Waals surface area contributed by atoms with Gasteiger partial charge >= 0.3 is 0 Å². The first kappa shape index (κ1) is 14.9. The van der Waals surface area contributed by atoms with Gasteiger partial charge in [-0.2, -0.15) is 5.10 Å². The van der Waals surface area contributed by atoms with Gasteiger partial charge in [0, 0.05) is 16.1 Å². The number of hydrogen-bond donors (Lipinski definition) is 3. The van der Waals surface area contributed by atoms with Crippen LogP contribution in [0.5, 0.6) is 11.5 Å². The molecule has 6 heteroatoms. The summed E-state index contributed by atoms with van der Waals surface area (Å²) in [5.41, 5.74) is 3.59. The average Bonchev–Trinajstić information content (AvgIpc) is 2.47. The molecular weight excluding hydrogens is 292 g/mol. The quantitative estimate of drug-likeness (QED) is 0.602. The van der Waals surface area contributed by atoms with Crippen molar-refractivity contribution >= 4 is 23.2 Å². The molecule has 0 saturated heterocycles. The van der Waals surface area contributed by atoms with Gasteiger partial charge in [-0.1, -0.05) is 11.6 Å². The second-order valence-electron chi connectivity index (χ2n) is 4.35. The molecule has 0 fully saturated rings. The van der Waals surface area contributed by atoms with E-state index in [1.807, 2.05) is 0 Å². The fourth-order valence-corrected chi connectivity index (χ4v) is 1.84. The van der Waals surface area contributed by atoms with Crippen LogP contribution in [-0.4, -0.2) is 21.8 Å². The highest BCUT2D eigenvalue weighted by atomic mass is 35.5. The van der Waals surface area contributed by atoms with Crippen molar-refractivity contribution in [3.05, 3.63) is 58.6 Å². The molecule has 3 N–H and O–H groups in total. The number of carbonyl (C=O) groups excluding carboxylic acids is 1. The maximum Gasteiger partial charge on any atom is 0.271 e. The monoisotopic (exact) mass is 304 g/mol. The molecule has 0 radical (unpaired) electrons. The molecule has 2 rings (SSSR count). The number of phenolic OH excluding ortho intramolecular Hbond substituents is 2. The third kappa shape index (κ3) is 3.73. The van der Waals surface area contributed by atoms with Crippen molar-refractivity contribution in [2.75, 3.05) is 0 Å². The molecule has 21 heavy (non-hydrogen) atoms. The Hall–Kier alpha value is -2.53. The van der Waals surface area contributed by atoms with Crippen LogP contribution in [0.15, 0.2) is 47.6 Å². The second-order valence-corrected chi connectivity index (χ2v) is 4.78. The molecule has 0 atom stereocenters. The summed E-state index contributed by atoms with van der Waals surface area (Å²) in [7, 11) is 0. The fourth-order valence-electron chi connectivity index (χ4n) is 1.67. The summed E-state index contributed by atoms with van der Waals surface area (Å²) in [5, 5.41) is 23.3. The minimum atomic E-state index is -0.420. The molecule has 5 nitrogen and oxygen atoms in total. The Morgan fingerprint density at radius 1 is 1.14 bits per heavy atom. The number of amides is 1. The Bertz CT molecular complexity index is 697. The first-order valence-corrected chi connectivity index (χ1v) is 6.47. The van der Waals surface area contributed by atoms with E-state index in [1.54, 1.807) is 19.1 Å². The molecule has 2 aromatic carbocycles. The van der Waals surface area contributed by atoms with E-state index in [0.717, 1.165) is 0 Å². The third-order valence-corrected chi connectivity index (χ3v) is 3.04. The summed E-state index contributed by atoms with van der Waals surface area (Å²) in [6, 6.07) is 10.4. The van der Waals surface area contributed by atoms with Gasteiger partial charge in [0.25, 0.3) is 5.91 Å². The van der Waals surface area contributed by atoms with Gasteiger partial charge in [-0.25, -0.2) is 5.43 Å². The van der Waals surface area contributed by atoms with Crippen LogP contribution < -0.4 is 5.43 Å². The SMILES string of the molecule is C/C(=N\NC(=O)c1ccc(O)cc1)c1cc(Cl)ccc1O. The van der Waals surface area contributed by atoms with Gasteiger partial charge in [0.05, 0.1) is 5.71 Å². The number of hydrogen-bond acceptors (Lipinski definition) is 4. The maximum atomic E-state index is 11.9. The highest BCUT2D eigenvalue weighted by molar-refractivity contribution is 6.31. The molecule has 0 aliphatic carbocycles. The first-order valence-electron chi connectivity index (χ1n) is 6.10. The highest BCUT2D eigenvalue weighted by Crippen LogP contribution is 2.22. The molecule has 1 amide bonds. The van der Waals surface area contributed by atoms with Gasteiger partial charge in [-0.15, -0.1) is 0 Å². The van der Waals surface area contributed by atoms with Crippen LogP contribution in [0.25, 0.3) is 0 Å². The molecule has 0 spiro atoms. The van der Waals surface area contributed by atoms with E-state index in [0.29, 0.717) is 21.9 Å². The van der Waals surface area contributed by atoms with Crippen LogP contribution in [-0.2, 0) is 0 Å². The van der Waals surface area contributed by atoms with Crippen molar-refractivity contribution in [1.82, 2.24) is 5.43 Å². The summed E-state index contributed by atoms with van der Waals surface area (Å²) in [4.78, 5) is 11.9. The lowest BCUT2D eigenvalue weighted by molar-refractivity contribution is 0.0955. The van der Waals surface area contributed by atoms with E-state index in [4.69, 9.17) is 16.7 Å². The molecule has 0 aromatic heterocycles. The summed E-state index contributed by atoms with van der Waals surface area (Å²) >= 11 is 5.86. The number of benzene rings is 2. The number of phenols is 2.